The SMILES string of the molecule is O=C1c2ccccc2C(=O)c2[nH]c(CO)nc21. The number of fused-ring (bicyclic) bond motifs is 2. The number of hydrogen-bond donors (Lipinski definition) is 2. The number of benzene rings is 1. The van der Waals surface area contributed by atoms with Gasteiger partial charge in [0, 0.05) is 11.1 Å². The van der Waals surface area contributed by atoms with E-state index in [1.807, 2.05) is 0 Å². The Bertz CT molecular complexity index is 590. The van der Waals surface area contributed by atoms with Gasteiger partial charge in [0.1, 0.15) is 23.8 Å². The number of carbonyl (C=O) groups excluding carboxylic acids is 2. The number of aliphatic hydroxyl groups is 1. The molecule has 1 aliphatic carbocycles. The molecule has 0 saturated carbocycles. The fourth-order valence-electron chi connectivity index (χ4n) is 1.97. The normalized spacial score (nSPS) is 13.5. The number of nitrogens with one attached hydrogen (secondary N) is 1. The van der Waals surface area contributed by atoms with E-state index in [-0.39, 0.29) is 35.4 Å². The summed E-state index contributed by atoms with van der Waals surface area (Å²) in [6.07, 6.45) is 0. The number of carbonyl (C=O) groups is 2. The summed E-state index contributed by atoms with van der Waals surface area (Å²) in [5.74, 6) is -0.321. The van der Waals surface area contributed by atoms with Crippen LogP contribution < -0.4 is 0 Å². The molecule has 0 amide bonds. The first-order valence-corrected chi connectivity index (χ1v) is 5.10. The van der Waals surface area contributed by atoms with Crippen LogP contribution in [0.1, 0.15) is 37.9 Å². The molecule has 0 aliphatic heterocycles. The number of hydrogen-bond acceptors (Lipinski definition) is 4. The van der Waals surface area contributed by atoms with Crippen LogP contribution >= 0.6 is 0 Å². The Labute approximate surface area is 96.1 Å². The standard InChI is InChI=1S/C12H8N2O3/c15-5-8-13-9-10(14-8)12(17)7-4-2-1-3-6(7)11(9)16/h1-4,15H,5H2,(H,13,14). The van der Waals surface area contributed by atoms with Gasteiger partial charge in [-0.1, -0.05) is 24.3 Å². The van der Waals surface area contributed by atoms with E-state index in [0.29, 0.717) is 11.1 Å². The lowest BCUT2D eigenvalue weighted by Crippen LogP contribution is -2.20. The number of aromatic amines is 1. The molecule has 2 aromatic rings. The molecule has 0 saturated heterocycles. The van der Waals surface area contributed by atoms with Crippen LogP contribution in [0.4, 0.5) is 0 Å². The zero-order valence-corrected chi connectivity index (χ0v) is 8.73. The minimum Gasteiger partial charge on any atom is -0.388 e. The second-order valence-electron chi connectivity index (χ2n) is 3.77. The second-order valence-corrected chi connectivity index (χ2v) is 3.77. The van der Waals surface area contributed by atoms with Gasteiger partial charge in [-0.15, -0.1) is 0 Å². The molecule has 1 aromatic carbocycles. The minimum absolute atomic E-state index is 0.0951. The molecular formula is C12H8N2O3. The molecule has 0 unspecified atom stereocenters. The van der Waals surface area contributed by atoms with Crippen molar-refractivity contribution >= 4 is 11.6 Å². The molecule has 1 aliphatic rings. The molecule has 0 spiro atoms. The lowest BCUT2D eigenvalue weighted by molar-refractivity contribution is 0.0974. The van der Waals surface area contributed by atoms with E-state index in [1.54, 1.807) is 24.3 Å². The Kier molecular flexibility index (Phi) is 1.96. The van der Waals surface area contributed by atoms with Crippen molar-refractivity contribution in [3.63, 3.8) is 0 Å². The molecule has 0 fully saturated rings. The van der Waals surface area contributed by atoms with Gasteiger partial charge < -0.3 is 10.1 Å². The lowest BCUT2D eigenvalue weighted by Gasteiger charge is -2.11. The first-order valence-electron chi connectivity index (χ1n) is 5.10. The highest BCUT2D eigenvalue weighted by Crippen LogP contribution is 2.25. The fourth-order valence-corrected chi connectivity index (χ4v) is 1.97. The van der Waals surface area contributed by atoms with Crippen LogP contribution in [-0.2, 0) is 6.61 Å². The highest BCUT2D eigenvalue weighted by molar-refractivity contribution is 6.26. The summed E-state index contributed by atoms with van der Waals surface area (Å²) in [4.78, 5) is 30.7. The smallest absolute Gasteiger partial charge is 0.214 e. The van der Waals surface area contributed by atoms with Gasteiger partial charge in [0.2, 0.25) is 11.6 Å². The highest BCUT2D eigenvalue weighted by atomic mass is 16.3. The molecule has 5 nitrogen and oxygen atoms in total. The van der Waals surface area contributed by atoms with Crippen LogP contribution in [0.3, 0.4) is 0 Å². The summed E-state index contributed by atoms with van der Waals surface area (Å²) in [5, 5.41) is 8.96. The zero-order chi connectivity index (χ0) is 12.0. The number of rotatable bonds is 1. The summed E-state index contributed by atoms with van der Waals surface area (Å²) in [5.41, 5.74) is 0.995. The average molecular weight is 228 g/mol. The Morgan fingerprint density at radius 2 is 1.76 bits per heavy atom. The molecule has 1 aromatic heterocycles. The van der Waals surface area contributed by atoms with E-state index in [1.165, 1.54) is 0 Å². The maximum atomic E-state index is 12.1. The van der Waals surface area contributed by atoms with Gasteiger partial charge in [-0.2, -0.15) is 0 Å². The number of aromatic nitrogens is 2. The van der Waals surface area contributed by atoms with Gasteiger partial charge in [0.05, 0.1) is 0 Å². The Morgan fingerprint density at radius 3 is 2.41 bits per heavy atom. The summed E-state index contributed by atoms with van der Waals surface area (Å²) in [7, 11) is 0. The molecule has 0 radical (unpaired) electrons. The van der Waals surface area contributed by atoms with Gasteiger partial charge in [-0.05, 0) is 0 Å². The van der Waals surface area contributed by atoms with E-state index in [2.05, 4.69) is 9.97 Å². The number of imidazole rings is 1. The van der Waals surface area contributed by atoms with Gasteiger partial charge >= 0.3 is 0 Å². The summed E-state index contributed by atoms with van der Waals surface area (Å²) < 4.78 is 0. The van der Waals surface area contributed by atoms with Crippen molar-refractivity contribution in [3.05, 3.63) is 52.6 Å². The van der Waals surface area contributed by atoms with Crippen molar-refractivity contribution in [1.82, 2.24) is 9.97 Å². The lowest BCUT2D eigenvalue weighted by atomic mass is 9.90. The Balaban J connectivity index is 2.27. The van der Waals surface area contributed by atoms with Crippen molar-refractivity contribution in [2.45, 2.75) is 6.61 Å². The zero-order valence-electron chi connectivity index (χ0n) is 8.73. The largest absolute Gasteiger partial charge is 0.388 e. The molecule has 0 atom stereocenters. The predicted octanol–water partition coefficient (Wildman–Crippen LogP) is 0.677. The van der Waals surface area contributed by atoms with Gasteiger partial charge in [0.25, 0.3) is 0 Å². The van der Waals surface area contributed by atoms with E-state index in [9.17, 15) is 9.59 Å². The second kappa shape index (κ2) is 3.36. The van der Waals surface area contributed by atoms with Gasteiger partial charge in [0.15, 0.2) is 0 Å². The Morgan fingerprint density at radius 1 is 1.12 bits per heavy atom. The van der Waals surface area contributed by atoms with Crippen LogP contribution in [0.25, 0.3) is 0 Å². The summed E-state index contributed by atoms with van der Waals surface area (Å²) in [6, 6.07) is 6.62. The molecular weight excluding hydrogens is 220 g/mol. The average Bonchev–Trinajstić information content (AvgIpc) is 2.80. The third-order valence-electron chi connectivity index (χ3n) is 2.76. The van der Waals surface area contributed by atoms with E-state index < -0.39 is 0 Å². The van der Waals surface area contributed by atoms with Crippen LogP contribution in [0.15, 0.2) is 24.3 Å². The molecule has 5 heteroatoms. The number of nitrogens with zero attached hydrogens (tertiary/aromatic N) is 1. The van der Waals surface area contributed by atoms with Crippen LogP contribution in [0.2, 0.25) is 0 Å². The van der Waals surface area contributed by atoms with Crippen molar-refractivity contribution in [2.75, 3.05) is 0 Å². The molecule has 17 heavy (non-hydrogen) atoms. The van der Waals surface area contributed by atoms with Crippen LogP contribution in [0.5, 0.6) is 0 Å². The molecule has 1 heterocycles. The highest BCUT2D eigenvalue weighted by Gasteiger charge is 2.32. The quantitative estimate of drug-likeness (QED) is 0.641. The van der Waals surface area contributed by atoms with E-state index >= 15 is 0 Å². The van der Waals surface area contributed by atoms with Crippen LogP contribution in [-0.4, -0.2) is 26.6 Å². The molecule has 2 N–H and O–H groups in total. The number of ketones is 2. The van der Waals surface area contributed by atoms with E-state index in [4.69, 9.17) is 5.11 Å². The third-order valence-corrected chi connectivity index (χ3v) is 2.76. The maximum absolute atomic E-state index is 12.1. The minimum atomic E-state index is -0.329. The summed E-state index contributed by atoms with van der Waals surface area (Å²) >= 11 is 0. The van der Waals surface area contributed by atoms with Crippen LogP contribution in [0, 0.1) is 0 Å². The van der Waals surface area contributed by atoms with Gasteiger partial charge in [-0.25, -0.2) is 4.98 Å². The maximum Gasteiger partial charge on any atom is 0.214 e. The van der Waals surface area contributed by atoms with Gasteiger partial charge in [-0.3, -0.25) is 9.59 Å². The molecule has 0 bridgehead atoms. The van der Waals surface area contributed by atoms with E-state index in [0.717, 1.165) is 0 Å². The number of H-pyrrole nitrogens is 1. The topological polar surface area (TPSA) is 83.0 Å². The fraction of sp³-hybridized carbons (Fsp3) is 0.0833. The Hall–Kier alpha value is -2.27. The molecule has 3 rings (SSSR count). The summed E-state index contributed by atoms with van der Waals surface area (Å²) in [6.45, 7) is -0.329. The van der Waals surface area contributed by atoms with Crippen molar-refractivity contribution in [1.29, 1.82) is 0 Å². The first-order chi connectivity index (χ1) is 8.22. The van der Waals surface area contributed by atoms with Crippen molar-refractivity contribution in [2.24, 2.45) is 0 Å². The number of aliphatic hydroxyl groups excluding tert-OH is 1. The third kappa shape index (κ3) is 1.26. The monoisotopic (exact) mass is 228 g/mol. The molecule has 84 valence electrons. The van der Waals surface area contributed by atoms with Crippen molar-refractivity contribution in [3.8, 4) is 0 Å². The first kappa shape index (κ1) is 9.92. The predicted molar refractivity (Wildman–Crippen MR) is 57.8 cm³/mol. The van der Waals surface area contributed by atoms with Crippen molar-refractivity contribution < 1.29 is 14.7 Å².